The Labute approximate surface area is 178 Å². The van der Waals surface area contributed by atoms with E-state index in [4.69, 9.17) is 9.05 Å². The highest BCUT2D eigenvalue weighted by molar-refractivity contribution is 9.10. The molecule has 1 N–H and O–H groups in total. The molecule has 1 amide bonds. The summed E-state index contributed by atoms with van der Waals surface area (Å²) in [5, 5.41) is 3.79. The van der Waals surface area contributed by atoms with Gasteiger partial charge in [0.2, 0.25) is 0 Å². The highest BCUT2D eigenvalue weighted by atomic mass is 79.9. The molecule has 3 aromatic rings. The fraction of sp³-hybridized carbons (Fsp3) is 0.238. The van der Waals surface area contributed by atoms with Gasteiger partial charge in [-0.3, -0.25) is 14.3 Å². The van der Waals surface area contributed by atoms with Crippen molar-refractivity contribution in [2.75, 3.05) is 18.5 Å². The highest BCUT2D eigenvalue weighted by Crippen LogP contribution is 2.51. The van der Waals surface area contributed by atoms with Gasteiger partial charge in [0.15, 0.2) is 0 Å². The molecule has 6 nitrogen and oxygen atoms in total. The molecule has 0 aliphatic rings. The van der Waals surface area contributed by atoms with Gasteiger partial charge in [-0.05, 0) is 53.5 Å². The van der Waals surface area contributed by atoms with Gasteiger partial charge >= 0.3 is 7.60 Å². The first-order valence-electron chi connectivity index (χ1n) is 9.27. The summed E-state index contributed by atoms with van der Waals surface area (Å²) in [5.41, 5.74) is 2.70. The SMILES string of the molecule is CCOP(=O)(Cc1ccc(C(=O)Nc2cnc3ccccc3c2Br)cc1)OCC. The molecule has 0 bridgehead atoms. The Bertz CT molecular complexity index is 1050. The number of benzene rings is 2. The van der Waals surface area contributed by atoms with E-state index in [0.717, 1.165) is 20.9 Å². The van der Waals surface area contributed by atoms with Crippen LogP contribution in [0.15, 0.2) is 59.2 Å². The molecule has 0 aliphatic heterocycles. The van der Waals surface area contributed by atoms with Crippen molar-refractivity contribution < 1.29 is 18.4 Å². The van der Waals surface area contributed by atoms with Crippen LogP contribution in [-0.4, -0.2) is 24.1 Å². The molecule has 0 atom stereocenters. The number of rotatable bonds is 8. The number of carbonyl (C=O) groups excluding carboxylic acids is 1. The number of anilines is 1. The van der Waals surface area contributed by atoms with Crippen LogP contribution in [-0.2, 0) is 19.8 Å². The Kier molecular flexibility index (Phi) is 7.19. The van der Waals surface area contributed by atoms with E-state index >= 15 is 0 Å². The Hall–Kier alpha value is -2.05. The summed E-state index contributed by atoms with van der Waals surface area (Å²) in [5.74, 6) is -0.257. The first-order chi connectivity index (χ1) is 14.0. The number of hydrogen-bond donors (Lipinski definition) is 1. The van der Waals surface area contributed by atoms with Crippen molar-refractivity contribution in [3.8, 4) is 0 Å². The lowest BCUT2D eigenvalue weighted by atomic mass is 10.1. The van der Waals surface area contributed by atoms with E-state index in [2.05, 4.69) is 26.2 Å². The minimum atomic E-state index is -3.18. The second-order valence-corrected chi connectivity index (χ2v) is 9.11. The molecule has 3 rings (SSSR count). The van der Waals surface area contributed by atoms with Crippen LogP contribution in [0.3, 0.4) is 0 Å². The van der Waals surface area contributed by atoms with Crippen LogP contribution in [0.5, 0.6) is 0 Å². The van der Waals surface area contributed by atoms with Crippen molar-refractivity contribution in [3.63, 3.8) is 0 Å². The quantitative estimate of drug-likeness (QED) is 0.402. The number of nitrogens with zero attached hydrogens (tertiary/aromatic N) is 1. The van der Waals surface area contributed by atoms with Crippen LogP contribution in [0.25, 0.3) is 10.9 Å². The maximum Gasteiger partial charge on any atom is 0.335 e. The first kappa shape index (κ1) is 21.7. The highest BCUT2D eigenvalue weighted by Gasteiger charge is 2.24. The van der Waals surface area contributed by atoms with Gasteiger partial charge in [-0.15, -0.1) is 0 Å². The van der Waals surface area contributed by atoms with E-state index < -0.39 is 7.60 Å². The molecule has 152 valence electrons. The number of pyridine rings is 1. The van der Waals surface area contributed by atoms with Crippen LogP contribution >= 0.6 is 23.5 Å². The lowest BCUT2D eigenvalue weighted by molar-refractivity contribution is 0.102. The van der Waals surface area contributed by atoms with E-state index in [1.54, 1.807) is 44.3 Å². The summed E-state index contributed by atoms with van der Waals surface area (Å²) < 4.78 is 24.1. The average molecular weight is 477 g/mol. The predicted octanol–water partition coefficient (Wildman–Crippen LogP) is 6.02. The standard InChI is InChI=1S/C21H22BrN2O4P/c1-3-27-29(26,28-4-2)14-15-9-11-16(12-10-15)21(25)24-19-13-23-18-8-6-5-7-17(18)20(19)22/h5-13H,3-4,14H2,1-2H3,(H,24,25). The maximum atomic E-state index is 12.7. The number of fused-ring (bicyclic) bond motifs is 1. The molecule has 29 heavy (non-hydrogen) atoms. The number of halogens is 1. The third-order valence-electron chi connectivity index (χ3n) is 4.20. The van der Waals surface area contributed by atoms with Crippen LogP contribution < -0.4 is 5.32 Å². The van der Waals surface area contributed by atoms with Gasteiger partial charge in [-0.1, -0.05) is 30.3 Å². The maximum absolute atomic E-state index is 12.7. The normalized spacial score (nSPS) is 11.6. The first-order valence-corrected chi connectivity index (χ1v) is 11.8. The summed E-state index contributed by atoms with van der Waals surface area (Å²) in [6.45, 7) is 4.18. The summed E-state index contributed by atoms with van der Waals surface area (Å²) in [6, 6.07) is 14.6. The minimum Gasteiger partial charge on any atom is -0.320 e. The largest absolute Gasteiger partial charge is 0.335 e. The number of amides is 1. The fourth-order valence-corrected chi connectivity index (χ4v) is 5.14. The van der Waals surface area contributed by atoms with Gasteiger partial charge in [-0.2, -0.15) is 0 Å². The number of para-hydroxylation sites is 1. The zero-order valence-electron chi connectivity index (χ0n) is 16.2. The number of hydrogen-bond acceptors (Lipinski definition) is 5. The van der Waals surface area contributed by atoms with E-state index in [1.165, 1.54) is 0 Å². The van der Waals surface area contributed by atoms with Gasteiger partial charge in [0.1, 0.15) is 0 Å². The number of nitrogens with one attached hydrogen (secondary N) is 1. The lowest BCUT2D eigenvalue weighted by Gasteiger charge is -2.17. The molecule has 0 fully saturated rings. The van der Waals surface area contributed by atoms with Crippen molar-refractivity contribution in [2.24, 2.45) is 0 Å². The molecule has 0 saturated heterocycles. The molecule has 0 aliphatic carbocycles. The molecule has 2 aromatic carbocycles. The molecule has 0 radical (unpaired) electrons. The van der Waals surface area contributed by atoms with Crippen molar-refractivity contribution in [2.45, 2.75) is 20.0 Å². The predicted molar refractivity (Wildman–Crippen MR) is 118 cm³/mol. The summed E-state index contributed by atoms with van der Waals surface area (Å²) in [4.78, 5) is 17.0. The summed E-state index contributed by atoms with van der Waals surface area (Å²) in [6.07, 6.45) is 1.79. The topological polar surface area (TPSA) is 77.5 Å². The molecule has 0 saturated carbocycles. The Balaban J connectivity index is 1.74. The number of aromatic nitrogens is 1. The third kappa shape index (κ3) is 5.31. The van der Waals surface area contributed by atoms with E-state index in [0.29, 0.717) is 24.5 Å². The Morgan fingerprint density at radius 3 is 2.38 bits per heavy atom. The molecule has 8 heteroatoms. The zero-order valence-corrected chi connectivity index (χ0v) is 18.7. The molecule has 1 aromatic heterocycles. The average Bonchev–Trinajstić information content (AvgIpc) is 2.71. The second kappa shape index (κ2) is 9.63. The molecular weight excluding hydrogens is 455 g/mol. The smallest absolute Gasteiger partial charge is 0.320 e. The molecule has 1 heterocycles. The van der Waals surface area contributed by atoms with Gasteiger partial charge in [-0.25, -0.2) is 0 Å². The molecular formula is C21H22BrN2O4P. The van der Waals surface area contributed by atoms with Gasteiger partial charge < -0.3 is 14.4 Å². The van der Waals surface area contributed by atoms with Crippen molar-refractivity contribution in [3.05, 3.63) is 70.3 Å². The minimum absolute atomic E-state index is 0.163. The fourth-order valence-electron chi connectivity index (χ4n) is 2.90. The van der Waals surface area contributed by atoms with E-state index in [1.807, 2.05) is 24.3 Å². The van der Waals surface area contributed by atoms with E-state index in [9.17, 15) is 9.36 Å². The van der Waals surface area contributed by atoms with Gasteiger partial charge in [0.25, 0.3) is 5.91 Å². The lowest BCUT2D eigenvalue weighted by Crippen LogP contribution is -2.12. The van der Waals surface area contributed by atoms with Crippen LogP contribution in [0, 0.1) is 0 Å². The molecule has 0 unspecified atom stereocenters. The monoisotopic (exact) mass is 476 g/mol. The van der Waals surface area contributed by atoms with Crippen LogP contribution in [0.1, 0.15) is 29.8 Å². The van der Waals surface area contributed by atoms with Crippen molar-refractivity contribution in [1.82, 2.24) is 4.98 Å². The zero-order chi connectivity index (χ0) is 20.9. The second-order valence-electron chi connectivity index (χ2n) is 6.26. The summed E-state index contributed by atoms with van der Waals surface area (Å²) in [7, 11) is -3.18. The number of carbonyl (C=O) groups is 1. The van der Waals surface area contributed by atoms with Gasteiger partial charge in [0, 0.05) is 10.9 Å². The Morgan fingerprint density at radius 1 is 1.07 bits per heavy atom. The van der Waals surface area contributed by atoms with E-state index in [-0.39, 0.29) is 12.1 Å². The van der Waals surface area contributed by atoms with Crippen LogP contribution in [0.4, 0.5) is 5.69 Å². The van der Waals surface area contributed by atoms with Crippen molar-refractivity contribution >= 4 is 46.0 Å². The third-order valence-corrected chi connectivity index (χ3v) is 7.11. The van der Waals surface area contributed by atoms with Crippen molar-refractivity contribution in [1.29, 1.82) is 0 Å². The Morgan fingerprint density at radius 2 is 1.72 bits per heavy atom. The van der Waals surface area contributed by atoms with Crippen LogP contribution in [0.2, 0.25) is 0 Å². The molecule has 0 spiro atoms. The van der Waals surface area contributed by atoms with Gasteiger partial charge in [0.05, 0.1) is 41.2 Å². The summed E-state index contributed by atoms with van der Waals surface area (Å²) >= 11 is 3.54.